The van der Waals surface area contributed by atoms with Gasteiger partial charge in [-0.15, -0.1) is 0 Å². The Bertz CT molecular complexity index is 1240. The van der Waals surface area contributed by atoms with Crippen LogP contribution in [0.4, 0.5) is 10.7 Å². The van der Waals surface area contributed by atoms with Gasteiger partial charge in [0.05, 0.1) is 38.3 Å². The highest BCUT2D eigenvalue weighted by molar-refractivity contribution is 5.94. The number of urea groups is 1. The van der Waals surface area contributed by atoms with Crippen molar-refractivity contribution in [3.05, 3.63) is 41.6 Å². The van der Waals surface area contributed by atoms with Crippen LogP contribution in [0.2, 0.25) is 0 Å². The number of likely N-dealkylation sites (tertiary alicyclic amines) is 1. The van der Waals surface area contributed by atoms with Gasteiger partial charge in [0.2, 0.25) is 17.7 Å². The first kappa shape index (κ1) is 28.1. The van der Waals surface area contributed by atoms with E-state index in [2.05, 4.69) is 20.8 Å². The maximum Gasteiger partial charge on any atom is 0.327 e. The minimum absolute atomic E-state index is 0.0788. The predicted octanol–water partition coefficient (Wildman–Crippen LogP) is 1.51. The third-order valence-electron chi connectivity index (χ3n) is 8.38. The summed E-state index contributed by atoms with van der Waals surface area (Å²) < 4.78 is 11.0. The molecule has 3 saturated heterocycles. The molecule has 1 spiro atoms. The third kappa shape index (κ3) is 5.18. The number of aliphatic hydroxyl groups is 1. The molecule has 12 heteroatoms. The van der Waals surface area contributed by atoms with Crippen LogP contribution in [0.3, 0.4) is 0 Å². The molecular weight excluding hydrogens is 514 g/mol. The molecule has 4 heterocycles. The van der Waals surface area contributed by atoms with E-state index >= 15 is 0 Å². The fraction of sp³-hybridized carbons (Fsp3) is 0.571. The van der Waals surface area contributed by atoms with Gasteiger partial charge < -0.3 is 24.4 Å². The van der Waals surface area contributed by atoms with Gasteiger partial charge in [0.1, 0.15) is 5.75 Å². The molecule has 3 aliphatic heterocycles. The van der Waals surface area contributed by atoms with E-state index in [1.807, 2.05) is 29.2 Å². The Morgan fingerprint density at radius 2 is 1.90 bits per heavy atom. The Kier molecular flexibility index (Phi) is 7.85. The van der Waals surface area contributed by atoms with Crippen LogP contribution in [0, 0.1) is 5.41 Å². The van der Waals surface area contributed by atoms with Gasteiger partial charge in [-0.3, -0.25) is 20.5 Å². The minimum Gasteiger partial charge on any atom is -0.497 e. The monoisotopic (exact) mass is 553 g/mol. The highest BCUT2D eigenvalue weighted by Crippen LogP contribution is 2.40. The zero-order valence-electron chi connectivity index (χ0n) is 23.6. The Hall–Kier alpha value is -3.48. The van der Waals surface area contributed by atoms with Crippen LogP contribution < -0.4 is 25.2 Å². The van der Waals surface area contributed by atoms with Crippen molar-refractivity contribution in [3.8, 4) is 11.6 Å². The quantitative estimate of drug-likeness (QED) is 0.445. The van der Waals surface area contributed by atoms with Crippen LogP contribution in [-0.2, 0) is 11.3 Å². The Morgan fingerprint density at radius 3 is 2.55 bits per heavy atom. The molecule has 0 aliphatic carbocycles. The first-order valence-corrected chi connectivity index (χ1v) is 13.7. The number of nitrogens with zero attached hydrogens (tertiary/aromatic N) is 5. The van der Waals surface area contributed by atoms with Crippen molar-refractivity contribution in [2.24, 2.45) is 5.41 Å². The number of benzene rings is 1. The van der Waals surface area contributed by atoms with E-state index in [1.54, 1.807) is 44.1 Å². The van der Waals surface area contributed by atoms with E-state index in [4.69, 9.17) is 9.47 Å². The smallest absolute Gasteiger partial charge is 0.327 e. The lowest BCUT2D eigenvalue weighted by Crippen LogP contribution is -2.56. The number of amides is 3. The first-order chi connectivity index (χ1) is 19.2. The molecule has 3 N–H and O–H groups in total. The molecular formula is C28H39N7O5. The average molecular weight is 554 g/mol. The standard InChI is InChI=1S/C28H39N7O5/c1-27(2,18-36)24(37)33-10-8-28(9-11-33)17-34(26(38)35(28)16-19-6-5-7-21(12-19)39-3)25-29-15-22(23(32-25)40-4)20-13-30-31-14-20/h5-7,12,15,20,30-31,36H,8-11,13-14,16-18H2,1-4H3. The van der Waals surface area contributed by atoms with Gasteiger partial charge in [-0.25, -0.2) is 9.78 Å². The normalized spacial score (nSPS) is 19.5. The number of nitrogens with one attached hydrogen (secondary N) is 2. The second kappa shape index (κ2) is 11.2. The lowest BCUT2D eigenvalue weighted by molar-refractivity contribution is -0.144. The van der Waals surface area contributed by atoms with Crippen LogP contribution >= 0.6 is 0 Å². The van der Waals surface area contributed by atoms with Gasteiger partial charge in [0, 0.05) is 50.4 Å². The van der Waals surface area contributed by atoms with E-state index < -0.39 is 11.0 Å². The Balaban J connectivity index is 1.44. The van der Waals surface area contributed by atoms with Crippen molar-refractivity contribution in [2.45, 2.75) is 44.7 Å². The maximum absolute atomic E-state index is 14.1. The number of aliphatic hydroxyl groups excluding tert-OH is 1. The zero-order valence-corrected chi connectivity index (χ0v) is 23.6. The lowest BCUT2D eigenvalue weighted by atomic mass is 9.84. The van der Waals surface area contributed by atoms with Gasteiger partial charge >= 0.3 is 6.03 Å². The highest BCUT2D eigenvalue weighted by Gasteiger charge is 2.53. The van der Waals surface area contributed by atoms with Crippen LogP contribution in [0.1, 0.15) is 43.7 Å². The molecule has 3 fully saturated rings. The summed E-state index contributed by atoms with van der Waals surface area (Å²) in [6, 6.07) is 7.52. The molecule has 0 radical (unpaired) electrons. The third-order valence-corrected chi connectivity index (χ3v) is 8.38. The Labute approximate surface area is 234 Å². The summed E-state index contributed by atoms with van der Waals surface area (Å²) in [4.78, 5) is 41.8. The number of rotatable bonds is 8. The van der Waals surface area contributed by atoms with Crippen molar-refractivity contribution < 1.29 is 24.2 Å². The number of piperidine rings is 1. The molecule has 5 rings (SSSR count). The molecule has 3 amide bonds. The van der Waals surface area contributed by atoms with E-state index in [-0.39, 0.29) is 24.5 Å². The molecule has 0 saturated carbocycles. The van der Waals surface area contributed by atoms with E-state index in [0.29, 0.717) is 50.8 Å². The van der Waals surface area contributed by atoms with Gasteiger partial charge in [0.25, 0.3) is 0 Å². The fourth-order valence-electron chi connectivity index (χ4n) is 5.81. The summed E-state index contributed by atoms with van der Waals surface area (Å²) in [5, 5.41) is 9.73. The van der Waals surface area contributed by atoms with Crippen molar-refractivity contribution in [1.29, 1.82) is 0 Å². The minimum atomic E-state index is -0.848. The number of methoxy groups -OCH3 is 2. The number of hydrogen-bond acceptors (Lipinski definition) is 9. The molecule has 0 bridgehead atoms. The number of anilines is 1. The number of carbonyl (C=O) groups excluding carboxylic acids is 2. The summed E-state index contributed by atoms with van der Waals surface area (Å²) in [6.45, 7) is 6.52. The van der Waals surface area contributed by atoms with Crippen LogP contribution in [0.15, 0.2) is 30.5 Å². The predicted molar refractivity (Wildman–Crippen MR) is 148 cm³/mol. The van der Waals surface area contributed by atoms with E-state index in [1.165, 1.54) is 0 Å². The Morgan fingerprint density at radius 1 is 1.18 bits per heavy atom. The summed E-state index contributed by atoms with van der Waals surface area (Å²) in [5.74, 6) is 1.57. The molecule has 1 aromatic heterocycles. The van der Waals surface area contributed by atoms with Crippen molar-refractivity contribution >= 4 is 17.9 Å². The largest absolute Gasteiger partial charge is 0.497 e. The maximum atomic E-state index is 14.1. The molecule has 12 nitrogen and oxygen atoms in total. The molecule has 3 aliphatic rings. The second-order valence-electron chi connectivity index (χ2n) is 11.5. The summed E-state index contributed by atoms with van der Waals surface area (Å²) >= 11 is 0. The molecule has 0 unspecified atom stereocenters. The molecule has 2 aromatic rings. The first-order valence-electron chi connectivity index (χ1n) is 13.7. The summed E-state index contributed by atoms with van der Waals surface area (Å²) in [5.41, 5.74) is 6.70. The van der Waals surface area contributed by atoms with Crippen LogP contribution in [0.25, 0.3) is 0 Å². The average Bonchev–Trinajstić information content (AvgIpc) is 3.61. The SMILES string of the molecule is COc1cccc(CN2C(=O)N(c3ncc(C4CNNC4)c(OC)n3)CC23CCN(C(=O)C(C)(C)CO)CC3)c1. The van der Waals surface area contributed by atoms with Gasteiger partial charge in [-0.1, -0.05) is 12.1 Å². The zero-order chi connectivity index (χ0) is 28.5. The van der Waals surface area contributed by atoms with Crippen LogP contribution in [-0.4, -0.2) is 95.9 Å². The fourth-order valence-corrected chi connectivity index (χ4v) is 5.81. The van der Waals surface area contributed by atoms with Crippen molar-refractivity contribution in [3.63, 3.8) is 0 Å². The molecule has 216 valence electrons. The summed E-state index contributed by atoms with van der Waals surface area (Å²) in [6.07, 6.45) is 2.95. The molecule has 0 atom stereocenters. The lowest BCUT2D eigenvalue weighted by Gasteiger charge is -2.45. The molecule has 40 heavy (non-hydrogen) atoms. The van der Waals surface area contributed by atoms with Crippen molar-refractivity contribution in [2.75, 3.05) is 58.5 Å². The van der Waals surface area contributed by atoms with Crippen molar-refractivity contribution in [1.82, 2.24) is 30.6 Å². The number of hydrazine groups is 1. The van der Waals surface area contributed by atoms with Gasteiger partial charge in [0.15, 0.2) is 0 Å². The van der Waals surface area contributed by atoms with Gasteiger partial charge in [-0.05, 0) is 44.4 Å². The molecule has 1 aromatic carbocycles. The number of ether oxygens (including phenoxy) is 2. The number of aromatic nitrogens is 2. The topological polar surface area (TPSA) is 132 Å². The van der Waals surface area contributed by atoms with E-state index in [0.717, 1.165) is 30.0 Å². The van der Waals surface area contributed by atoms with Crippen LogP contribution in [0.5, 0.6) is 11.6 Å². The second-order valence-corrected chi connectivity index (χ2v) is 11.5. The van der Waals surface area contributed by atoms with Gasteiger partial charge in [-0.2, -0.15) is 4.98 Å². The summed E-state index contributed by atoms with van der Waals surface area (Å²) in [7, 11) is 3.20. The number of carbonyl (C=O) groups is 2. The van der Waals surface area contributed by atoms with E-state index in [9.17, 15) is 14.7 Å². The highest BCUT2D eigenvalue weighted by atomic mass is 16.5. The number of hydrogen-bond donors (Lipinski definition) is 3.